The van der Waals surface area contributed by atoms with E-state index in [1.54, 1.807) is 6.08 Å². The quantitative estimate of drug-likeness (QED) is 0.876. The molecule has 0 amide bonds. The van der Waals surface area contributed by atoms with Gasteiger partial charge in [0.1, 0.15) is 0 Å². The lowest BCUT2D eigenvalue weighted by Gasteiger charge is -2.23. The molecule has 0 bridgehead atoms. The molecule has 4 rings (SSSR count). The van der Waals surface area contributed by atoms with Gasteiger partial charge >= 0.3 is 0 Å². The normalized spacial score (nSPS) is 23.7. The molecule has 0 radical (unpaired) electrons. The molecule has 8 heteroatoms. The highest BCUT2D eigenvalue weighted by Gasteiger charge is 2.47. The summed E-state index contributed by atoms with van der Waals surface area (Å²) in [5.74, 6) is 0.594. The number of fused-ring (bicyclic) bond motifs is 1. The van der Waals surface area contributed by atoms with Gasteiger partial charge in [0, 0.05) is 19.4 Å². The Balaban J connectivity index is 1.59. The molecule has 1 aromatic carbocycles. The highest BCUT2D eigenvalue weighted by Crippen LogP contribution is 2.36. The van der Waals surface area contributed by atoms with Crippen LogP contribution in [0, 0.1) is 0 Å². The van der Waals surface area contributed by atoms with Crippen molar-refractivity contribution in [2.45, 2.75) is 38.2 Å². The average Bonchev–Trinajstić information content (AvgIpc) is 3.29. The number of rotatable bonds is 4. The van der Waals surface area contributed by atoms with Crippen molar-refractivity contribution >= 4 is 16.1 Å². The van der Waals surface area contributed by atoms with Gasteiger partial charge in [0.05, 0.1) is 11.4 Å². The third-order valence-corrected chi connectivity index (χ3v) is 7.05. The van der Waals surface area contributed by atoms with Crippen molar-refractivity contribution < 1.29 is 18.0 Å². The van der Waals surface area contributed by atoms with Crippen LogP contribution >= 0.6 is 0 Å². The first-order valence-corrected chi connectivity index (χ1v) is 10.2. The van der Waals surface area contributed by atoms with Gasteiger partial charge in [0.15, 0.2) is 11.4 Å². The van der Waals surface area contributed by atoms with Gasteiger partial charge in [0.25, 0.3) is 5.89 Å². The Hall–Kier alpha value is -2.03. The molecule has 2 heterocycles. The van der Waals surface area contributed by atoms with Crippen molar-refractivity contribution in [1.29, 1.82) is 0 Å². The van der Waals surface area contributed by atoms with Crippen LogP contribution in [0.1, 0.15) is 42.6 Å². The fourth-order valence-electron chi connectivity index (χ4n) is 3.50. The van der Waals surface area contributed by atoms with E-state index < -0.39 is 15.6 Å². The zero-order chi connectivity index (χ0) is 18.4. The summed E-state index contributed by atoms with van der Waals surface area (Å²) >= 11 is 0. The molecule has 1 saturated heterocycles. The van der Waals surface area contributed by atoms with E-state index in [4.69, 9.17) is 4.52 Å². The van der Waals surface area contributed by atoms with Crippen LogP contribution < -0.4 is 0 Å². The Morgan fingerprint density at radius 2 is 2.12 bits per heavy atom. The Morgan fingerprint density at radius 1 is 1.31 bits per heavy atom. The highest BCUT2D eigenvalue weighted by atomic mass is 32.2. The van der Waals surface area contributed by atoms with Gasteiger partial charge in [-0.15, -0.1) is 0 Å². The number of nitrogens with zero attached hydrogens (tertiary/aromatic N) is 3. The fourth-order valence-corrected chi connectivity index (χ4v) is 5.18. The van der Waals surface area contributed by atoms with E-state index in [1.165, 1.54) is 4.31 Å². The number of sulfonamides is 1. The van der Waals surface area contributed by atoms with E-state index in [0.29, 0.717) is 30.0 Å². The molecule has 7 nitrogen and oxygen atoms in total. The molecule has 1 N–H and O–H groups in total. The molecule has 1 aromatic heterocycles. The van der Waals surface area contributed by atoms with E-state index in [2.05, 4.69) is 10.1 Å². The van der Waals surface area contributed by atoms with Gasteiger partial charge in [-0.2, -0.15) is 9.29 Å². The van der Waals surface area contributed by atoms with Crippen LogP contribution in [0.3, 0.4) is 0 Å². The van der Waals surface area contributed by atoms with E-state index in [0.717, 1.165) is 11.1 Å². The van der Waals surface area contributed by atoms with E-state index in [9.17, 15) is 13.5 Å². The minimum Gasteiger partial charge on any atom is -0.379 e. The number of hydrogen-bond acceptors (Lipinski definition) is 6. The minimum absolute atomic E-state index is 0.0698. The maximum Gasteiger partial charge on any atom is 0.260 e. The maximum atomic E-state index is 13.1. The predicted molar refractivity (Wildman–Crippen MR) is 95.4 cm³/mol. The van der Waals surface area contributed by atoms with Gasteiger partial charge in [0.2, 0.25) is 10.0 Å². The van der Waals surface area contributed by atoms with E-state index in [-0.39, 0.29) is 25.4 Å². The van der Waals surface area contributed by atoms with Crippen molar-refractivity contribution in [3.63, 3.8) is 0 Å². The maximum absolute atomic E-state index is 13.1. The number of aliphatic hydroxyl groups is 1. The SMILES string of the molecule is CCc1noc([C@]2(O)CCN(S(=O)(=O)C3=Cc4ccccc4CC3)C2)n1. The monoisotopic (exact) mass is 375 g/mol. The van der Waals surface area contributed by atoms with Crippen LogP contribution in [0.15, 0.2) is 33.7 Å². The van der Waals surface area contributed by atoms with Crippen LogP contribution in [0.2, 0.25) is 0 Å². The molecule has 1 aliphatic heterocycles. The van der Waals surface area contributed by atoms with Crippen LogP contribution in [0.4, 0.5) is 0 Å². The number of β-amino-alcohol motifs (C(OH)–C–C–N with tert-alkyl or cyclic N) is 1. The molecular weight excluding hydrogens is 354 g/mol. The van der Waals surface area contributed by atoms with Crippen LogP contribution in [-0.4, -0.2) is 41.1 Å². The second-order valence-electron chi connectivity index (χ2n) is 6.80. The molecule has 1 aliphatic carbocycles. The Labute approximate surface area is 152 Å². The molecule has 138 valence electrons. The summed E-state index contributed by atoms with van der Waals surface area (Å²) in [4.78, 5) is 4.57. The van der Waals surface area contributed by atoms with Gasteiger partial charge in [-0.3, -0.25) is 0 Å². The first-order valence-electron chi connectivity index (χ1n) is 8.76. The summed E-state index contributed by atoms with van der Waals surface area (Å²) in [5, 5.41) is 14.6. The van der Waals surface area contributed by atoms with Gasteiger partial charge in [-0.25, -0.2) is 8.42 Å². The Kier molecular flexibility index (Phi) is 4.21. The van der Waals surface area contributed by atoms with Crippen molar-refractivity contribution in [2.75, 3.05) is 13.1 Å². The molecule has 0 spiro atoms. The Bertz CT molecular complexity index is 966. The summed E-state index contributed by atoms with van der Waals surface area (Å²) in [6.07, 6.45) is 3.74. The standard InChI is InChI=1S/C18H21N3O4S/c1-2-16-19-17(25-20-16)18(22)9-10-21(12-18)26(23,24)15-8-7-13-5-3-4-6-14(13)11-15/h3-6,11,22H,2,7-10,12H2,1H3/t18-/m0/s1. The smallest absolute Gasteiger partial charge is 0.260 e. The lowest BCUT2D eigenvalue weighted by atomic mass is 9.98. The van der Waals surface area contributed by atoms with Crippen LogP contribution in [-0.2, 0) is 28.5 Å². The molecule has 0 unspecified atom stereocenters. The first kappa shape index (κ1) is 17.4. The van der Waals surface area contributed by atoms with Crippen molar-refractivity contribution in [3.8, 4) is 0 Å². The van der Waals surface area contributed by atoms with Crippen LogP contribution in [0.25, 0.3) is 6.08 Å². The highest BCUT2D eigenvalue weighted by molar-refractivity contribution is 7.93. The number of aryl methyl sites for hydroxylation is 2. The molecule has 1 atom stereocenters. The topological polar surface area (TPSA) is 96.5 Å². The summed E-state index contributed by atoms with van der Waals surface area (Å²) < 4.78 is 32.6. The van der Waals surface area contributed by atoms with Gasteiger partial charge in [-0.1, -0.05) is 36.3 Å². The molecule has 2 aromatic rings. The molecular formula is C18H21N3O4S. The lowest BCUT2D eigenvalue weighted by molar-refractivity contribution is 0.0194. The number of allylic oxidation sites excluding steroid dienone is 1. The lowest BCUT2D eigenvalue weighted by Crippen LogP contribution is -2.35. The minimum atomic E-state index is -3.64. The second-order valence-corrected chi connectivity index (χ2v) is 8.79. The van der Waals surface area contributed by atoms with Gasteiger partial charge in [-0.05, 0) is 30.0 Å². The number of hydrogen-bond donors (Lipinski definition) is 1. The van der Waals surface area contributed by atoms with Crippen molar-refractivity contribution in [1.82, 2.24) is 14.4 Å². The number of aromatic nitrogens is 2. The molecule has 2 aliphatic rings. The summed E-state index contributed by atoms with van der Waals surface area (Å²) in [5.41, 5.74) is 0.666. The van der Waals surface area contributed by atoms with E-state index >= 15 is 0 Å². The summed E-state index contributed by atoms with van der Waals surface area (Å²) in [6, 6.07) is 7.81. The van der Waals surface area contributed by atoms with Crippen LogP contribution in [0.5, 0.6) is 0 Å². The Morgan fingerprint density at radius 3 is 2.88 bits per heavy atom. The van der Waals surface area contributed by atoms with Crippen molar-refractivity contribution in [2.24, 2.45) is 0 Å². The zero-order valence-corrected chi connectivity index (χ0v) is 15.4. The predicted octanol–water partition coefficient (Wildman–Crippen LogP) is 1.84. The number of benzene rings is 1. The van der Waals surface area contributed by atoms with Gasteiger partial charge < -0.3 is 9.63 Å². The summed E-state index contributed by atoms with van der Waals surface area (Å²) in [7, 11) is -3.64. The molecule has 1 fully saturated rings. The third-order valence-electron chi connectivity index (χ3n) is 5.08. The molecule has 26 heavy (non-hydrogen) atoms. The first-order chi connectivity index (χ1) is 12.4. The zero-order valence-electron chi connectivity index (χ0n) is 14.6. The third kappa shape index (κ3) is 2.87. The second kappa shape index (κ2) is 6.29. The largest absolute Gasteiger partial charge is 0.379 e. The van der Waals surface area contributed by atoms with Crippen molar-refractivity contribution in [3.05, 3.63) is 52.0 Å². The van der Waals surface area contributed by atoms with E-state index in [1.807, 2.05) is 31.2 Å². The molecule has 0 saturated carbocycles. The average molecular weight is 375 g/mol. The fraction of sp³-hybridized carbons (Fsp3) is 0.444. The summed E-state index contributed by atoms with van der Waals surface area (Å²) in [6.45, 7) is 2.04.